The van der Waals surface area contributed by atoms with Crippen molar-refractivity contribution in [2.24, 2.45) is 0 Å². The lowest BCUT2D eigenvalue weighted by Crippen LogP contribution is -2.00. The number of imidazole rings is 1. The van der Waals surface area contributed by atoms with E-state index in [1.54, 1.807) is 6.92 Å². The van der Waals surface area contributed by atoms with Gasteiger partial charge in [0.05, 0.1) is 0 Å². The highest BCUT2D eigenvalue weighted by Gasteiger charge is 2.16. The van der Waals surface area contributed by atoms with Crippen LogP contribution in [0.25, 0.3) is 11.4 Å². The smallest absolute Gasteiger partial charge is 0.356 e. The van der Waals surface area contributed by atoms with E-state index in [1.807, 2.05) is 0 Å². The number of aryl methyl sites for hydroxylation is 1. The van der Waals surface area contributed by atoms with Crippen molar-refractivity contribution >= 4 is 5.97 Å². The van der Waals surface area contributed by atoms with E-state index >= 15 is 0 Å². The van der Waals surface area contributed by atoms with E-state index in [2.05, 4.69) is 9.97 Å². The van der Waals surface area contributed by atoms with E-state index in [9.17, 15) is 13.6 Å². The Morgan fingerprint density at radius 3 is 2.39 bits per heavy atom. The quantitative estimate of drug-likeness (QED) is 0.882. The second-order valence-corrected chi connectivity index (χ2v) is 3.73. The summed E-state index contributed by atoms with van der Waals surface area (Å²) in [6.45, 7) is 1.76. The predicted molar refractivity (Wildman–Crippen MR) is 60.3 cm³/mol. The second kappa shape index (κ2) is 4.56. The first-order valence-electron chi connectivity index (χ1n) is 5.30. The van der Waals surface area contributed by atoms with Crippen molar-refractivity contribution in [1.82, 2.24) is 9.97 Å². The van der Waals surface area contributed by atoms with Crippen LogP contribution in [0.15, 0.2) is 18.2 Å². The molecule has 0 aliphatic rings. The largest absolute Gasteiger partial charge is 0.476 e. The highest BCUT2D eigenvalue weighted by Crippen LogP contribution is 2.21. The van der Waals surface area contributed by atoms with Crippen molar-refractivity contribution < 1.29 is 18.7 Å². The number of benzene rings is 1. The maximum absolute atomic E-state index is 13.1. The molecule has 2 aromatic rings. The third kappa shape index (κ3) is 2.22. The van der Waals surface area contributed by atoms with Crippen LogP contribution >= 0.6 is 0 Å². The zero-order valence-electron chi connectivity index (χ0n) is 9.50. The number of halogens is 2. The van der Waals surface area contributed by atoms with E-state index in [-0.39, 0.29) is 17.1 Å². The fourth-order valence-corrected chi connectivity index (χ4v) is 1.67. The van der Waals surface area contributed by atoms with Gasteiger partial charge in [-0.1, -0.05) is 6.92 Å². The van der Waals surface area contributed by atoms with Crippen LogP contribution in [-0.2, 0) is 6.42 Å². The number of hydrogen-bond donors (Lipinski definition) is 2. The highest BCUT2D eigenvalue weighted by atomic mass is 19.1. The van der Waals surface area contributed by atoms with E-state index in [1.165, 1.54) is 0 Å². The number of carbonyl (C=O) groups is 1. The Bertz CT molecular complexity index is 588. The summed E-state index contributed by atoms with van der Waals surface area (Å²) in [5.74, 6) is -2.51. The molecule has 94 valence electrons. The number of aromatic carboxylic acids is 1. The molecule has 0 aliphatic heterocycles. The van der Waals surface area contributed by atoms with Crippen molar-refractivity contribution in [3.63, 3.8) is 0 Å². The number of aromatic nitrogens is 2. The molecule has 1 aromatic carbocycles. The average molecular weight is 252 g/mol. The first kappa shape index (κ1) is 12.2. The van der Waals surface area contributed by atoms with Crippen LogP contribution in [0.1, 0.15) is 23.1 Å². The Labute approximate surface area is 101 Å². The molecule has 2 N–H and O–H groups in total. The molecule has 0 fully saturated rings. The Balaban J connectivity index is 2.54. The summed E-state index contributed by atoms with van der Waals surface area (Å²) in [6, 6.07) is 2.92. The van der Waals surface area contributed by atoms with Gasteiger partial charge in [-0.3, -0.25) is 0 Å². The first-order valence-corrected chi connectivity index (χ1v) is 5.30. The van der Waals surface area contributed by atoms with Crippen molar-refractivity contribution in [3.05, 3.63) is 41.2 Å². The number of H-pyrrole nitrogens is 1. The lowest BCUT2D eigenvalue weighted by molar-refractivity contribution is 0.0690. The minimum absolute atomic E-state index is 0.128. The summed E-state index contributed by atoms with van der Waals surface area (Å²) in [7, 11) is 0. The molecule has 1 aromatic heterocycles. The van der Waals surface area contributed by atoms with Gasteiger partial charge < -0.3 is 10.1 Å². The predicted octanol–water partition coefficient (Wildman–Crippen LogP) is 2.62. The number of carboxylic acid groups (broad SMARTS) is 1. The van der Waals surface area contributed by atoms with Gasteiger partial charge in [0.1, 0.15) is 17.5 Å². The number of carboxylic acids is 1. The van der Waals surface area contributed by atoms with E-state index in [0.29, 0.717) is 12.1 Å². The zero-order chi connectivity index (χ0) is 13.3. The van der Waals surface area contributed by atoms with E-state index < -0.39 is 17.6 Å². The molecule has 0 radical (unpaired) electrons. The highest BCUT2D eigenvalue weighted by molar-refractivity contribution is 5.87. The van der Waals surface area contributed by atoms with E-state index in [4.69, 9.17) is 5.11 Å². The summed E-state index contributed by atoms with van der Waals surface area (Å²) >= 11 is 0. The number of rotatable bonds is 3. The van der Waals surface area contributed by atoms with Crippen LogP contribution in [0.4, 0.5) is 8.78 Å². The van der Waals surface area contributed by atoms with Gasteiger partial charge in [-0.05, 0) is 18.6 Å². The average Bonchev–Trinajstić information content (AvgIpc) is 2.71. The topological polar surface area (TPSA) is 66.0 Å². The zero-order valence-corrected chi connectivity index (χ0v) is 9.50. The molecule has 0 aliphatic carbocycles. The van der Waals surface area contributed by atoms with Gasteiger partial charge in [-0.2, -0.15) is 0 Å². The van der Waals surface area contributed by atoms with Crippen LogP contribution in [0.5, 0.6) is 0 Å². The molecule has 0 spiro atoms. The standard InChI is InChI=1S/C12H10F2N2O2/c1-2-9-10(12(17)18)16-11(15-9)6-3-7(13)5-8(14)4-6/h3-5H,2H2,1H3,(H,15,16)(H,17,18). The fourth-order valence-electron chi connectivity index (χ4n) is 1.67. The van der Waals surface area contributed by atoms with Crippen molar-refractivity contribution in [1.29, 1.82) is 0 Å². The molecule has 18 heavy (non-hydrogen) atoms. The molecular weight excluding hydrogens is 242 g/mol. The molecular formula is C12H10F2N2O2. The van der Waals surface area contributed by atoms with Gasteiger partial charge in [0, 0.05) is 17.3 Å². The van der Waals surface area contributed by atoms with Gasteiger partial charge in [-0.15, -0.1) is 0 Å². The Morgan fingerprint density at radius 2 is 1.94 bits per heavy atom. The van der Waals surface area contributed by atoms with Crippen LogP contribution in [-0.4, -0.2) is 21.0 Å². The van der Waals surface area contributed by atoms with Crippen LogP contribution < -0.4 is 0 Å². The van der Waals surface area contributed by atoms with E-state index in [0.717, 1.165) is 18.2 Å². The molecule has 4 nitrogen and oxygen atoms in total. The second-order valence-electron chi connectivity index (χ2n) is 3.73. The molecule has 6 heteroatoms. The molecule has 0 amide bonds. The fraction of sp³-hybridized carbons (Fsp3) is 0.167. The normalized spacial score (nSPS) is 10.6. The minimum Gasteiger partial charge on any atom is -0.476 e. The summed E-state index contributed by atoms with van der Waals surface area (Å²) in [6.07, 6.45) is 0.437. The molecule has 2 rings (SSSR count). The molecule has 1 heterocycles. The van der Waals surface area contributed by atoms with Crippen molar-refractivity contribution in [2.45, 2.75) is 13.3 Å². The molecule has 0 saturated carbocycles. The van der Waals surface area contributed by atoms with Crippen LogP contribution in [0.2, 0.25) is 0 Å². The maximum atomic E-state index is 13.1. The first-order chi connectivity index (χ1) is 8.51. The lowest BCUT2D eigenvalue weighted by Gasteiger charge is -1.97. The SMILES string of the molecule is CCc1[nH]c(-c2cc(F)cc(F)c2)nc1C(=O)O. The number of aromatic amines is 1. The van der Waals surface area contributed by atoms with Crippen LogP contribution in [0, 0.1) is 11.6 Å². The summed E-state index contributed by atoms with van der Waals surface area (Å²) in [5, 5.41) is 8.94. The van der Waals surface area contributed by atoms with Crippen molar-refractivity contribution in [2.75, 3.05) is 0 Å². The van der Waals surface area contributed by atoms with Gasteiger partial charge in [0.15, 0.2) is 5.69 Å². The Morgan fingerprint density at radius 1 is 1.33 bits per heavy atom. The molecule has 0 saturated heterocycles. The summed E-state index contributed by atoms with van der Waals surface area (Å²) < 4.78 is 26.1. The molecule has 0 unspecified atom stereocenters. The lowest BCUT2D eigenvalue weighted by atomic mass is 10.2. The molecule has 0 bridgehead atoms. The molecule has 0 atom stereocenters. The van der Waals surface area contributed by atoms with Gasteiger partial charge in [0.2, 0.25) is 0 Å². The number of nitrogens with zero attached hydrogens (tertiary/aromatic N) is 1. The van der Waals surface area contributed by atoms with Crippen LogP contribution in [0.3, 0.4) is 0 Å². The number of nitrogens with one attached hydrogen (secondary N) is 1. The van der Waals surface area contributed by atoms with Crippen molar-refractivity contribution in [3.8, 4) is 11.4 Å². The number of hydrogen-bond acceptors (Lipinski definition) is 2. The van der Waals surface area contributed by atoms with Gasteiger partial charge >= 0.3 is 5.97 Å². The summed E-state index contributed by atoms with van der Waals surface area (Å²) in [5.41, 5.74) is 0.467. The summed E-state index contributed by atoms with van der Waals surface area (Å²) in [4.78, 5) is 17.5. The Hall–Kier alpha value is -2.24. The van der Waals surface area contributed by atoms with Gasteiger partial charge in [-0.25, -0.2) is 18.6 Å². The third-order valence-electron chi connectivity index (χ3n) is 2.47. The maximum Gasteiger partial charge on any atom is 0.356 e. The van der Waals surface area contributed by atoms with Gasteiger partial charge in [0.25, 0.3) is 0 Å². The monoisotopic (exact) mass is 252 g/mol. The minimum atomic E-state index is -1.17. The third-order valence-corrected chi connectivity index (χ3v) is 2.47. The Kier molecular flexibility index (Phi) is 3.10.